The Morgan fingerprint density at radius 2 is 2.00 bits per heavy atom. The van der Waals surface area contributed by atoms with E-state index in [2.05, 4.69) is 19.8 Å². The molecule has 0 atom stereocenters. The minimum atomic E-state index is 0. The molecular weight excluding hydrogens is 457 g/mol. The summed E-state index contributed by atoms with van der Waals surface area (Å²) in [5, 5.41) is 3.88. The van der Waals surface area contributed by atoms with E-state index in [9.17, 15) is 0 Å². The van der Waals surface area contributed by atoms with Crippen LogP contribution in [0, 0.1) is 0 Å². The van der Waals surface area contributed by atoms with Gasteiger partial charge in [-0.1, -0.05) is 29.8 Å². The Balaban J connectivity index is 0.00000208. The number of hydrogen-bond acceptors (Lipinski definition) is 4. The average molecular weight is 478 g/mol. The van der Waals surface area contributed by atoms with E-state index in [0.29, 0.717) is 12.5 Å². The molecule has 0 bridgehead atoms. The predicted octanol–water partition coefficient (Wildman–Crippen LogP) is 3.09. The van der Waals surface area contributed by atoms with E-state index >= 15 is 0 Å². The maximum absolute atomic E-state index is 6.15. The standard InChI is InChI=1S/C16H20ClN5S.HI/c17-14-4-2-1-3-13(14)5-6-19-15(18)21-8-10-22(11-9-21)16-20-7-12-23-16;/h1-4,7,12H,5-6,8-11H2,(H2,18,19);1H. The molecule has 1 aromatic heterocycles. The molecule has 0 saturated carbocycles. The van der Waals surface area contributed by atoms with E-state index < -0.39 is 0 Å². The summed E-state index contributed by atoms with van der Waals surface area (Å²) in [5.41, 5.74) is 7.24. The van der Waals surface area contributed by atoms with Crippen LogP contribution in [0.15, 0.2) is 40.8 Å². The van der Waals surface area contributed by atoms with Gasteiger partial charge in [-0.2, -0.15) is 0 Å². The van der Waals surface area contributed by atoms with Crippen LogP contribution in [0.4, 0.5) is 5.13 Å². The molecule has 130 valence electrons. The second-order valence-corrected chi connectivity index (χ2v) is 6.65. The van der Waals surface area contributed by atoms with Gasteiger partial charge >= 0.3 is 0 Å². The molecule has 2 N–H and O–H groups in total. The van der Waals surface area contributed by atoms with E-state index in [0.717, 1.165) is 48.3 Å². The molecule has 0 aliphatic carbocycles. The molecular formula is C16H21ClIN5S. The molecule has 3 rings (SSSR count). The largest absolute Gasteiger partial charge is 0.370 e. The monoisotopic (exact) mass is 477 g/mol. The fourth-order valence-electron chi connectivity index (χ4n) is 2.59. The van der Waals surface area contributed by atoms with Gasteiger partial charge in [0.15, 0.2) is 11.1 Å². The molecule has 0 amide bonds. The number of aromatic nitrogens is 1. The summed E-state index contributed by atoms with van der Waals surface area (Å²) in [7, 11) is 0. The van der Waals surface area contributed by atoms with Gasteiger partial charge in [-0.25, -0.2) is 4.98 Å². The first-order chi connectivity index (χ1) is 11.2. The summed E-state index contributed by atoms with van der Waals surface area (Å²) in [6.45, 7) is 4.26. The topological polar surface area (TPSA) is 57.8 Å². The molecule has 0 unspecified atom stereocenters. The first kappa shape index (κ1) is 19.3. The fraction of sp³-hybridized carbons (Fsp3) is 0.375. The summed E-state index contributed by atoms with van der Waals surface area (Å²) >= 11 is 7.83. The van der Waals surface area contributed by atoms with E-state index in [4.69, 9.17) is 17.3 Å². The number of halogens is 2. The van der Waals surface area contributed by atoms with Crippen molar-refractivity contribution in [2.45, 2.75) is 6.42 Å². The molecule has 5 nitrogen and oxygen atoms in total. The SMILES string of the molecule is I.NC(=NCCc1ccccc1Cl)N1CCN(c2nccs2)CC1. The number of anilines is 1. The van der Waals surface area contributed by atoms with Crippen LogP contribution < -0.4 is 10.6 Å². The third kappa shape index (κ3) is 4.97. The lowest BCUT2D eigenvalue weighted by atomic mass is 10.1. The van der Waals surface area contributed by atoms with Gasteiger partial charge in [0.25, 0.3) is 0 Å². The zero-order valence-electron chi connectivity index (χ0n) is 13.3. The van der Waals surface area contributed by atoms with Gasteiger partial charge in [0.2, 0.25) is 0 Å². The molecule has 2 heterocycles. The lowest BCUT2D eigenvalue weighted by Crippen LogP contribution is -2.51. The number of rotatable bonds is 4. The summed E-state index contributed by atoms with van der Waals surface area (Å²) in [6, 6.07) is 7.86. The van der Waals surface area contributed by atoms with Gasteiger partial charge in [0.1, 0.15) is 0 Å². The number of aliphatic imine (C=N–C) groups is 1. The van der Waals surface area contributed by atoms with Gasteiger partial charge in [-0.3, -0.25) is 4.99 Å². The Hall–Kier alpha value is -1.06. The van der Waals surface area contributed by atoms with Crippen molar-refractivity contribution in [3.8, 4) is 0 Å². The number of benzene rings is 1. The number of guanidine groups is 1. The van der Waals surface area contributed by atoms with Crippen LogP contribution in [-0.2, 0) is 6.42 Å². The van der Waals surface area contributed by atoms with Gasteiger partial charge in [0.05, 0.1) is 0 Å². The van der Waals surface area contributed by atoms with Crippen LogP contribution in [-0.4, -0.2) is 48.6 Å². The molecule has 0 spiro atoms. The quantitative estimate of drug-likeness (QED) is 0.418. The van der Waals surface area contributed by atoms with Gasteiger partial charge in [-0.05, 0) is 18.1 Å². The van der Waals surface area contributed by atoms with E-state index in [1.54, 1.807) is 11.3 Å². The molecule has 1 fully saturated rings. The number of hydrogen-bond donors (Lipinski definition) is 1. The Morgan fingerprint density at radius 3 is 2.67 bits per heavy atom. The summed E-state index contributed by atoms with van der Waals surface area (Å²) in [4.78, 5) is 13.3. The first-order valence-corrected chi connectivity index (χ1v) is 8.92. The summed E-state index contributed by atoms with van der Waals surface area (Å²) < 4.78 is 0. The van der Waals surface area contributed by atoms with Crippen molar-refractivity contribution in [1.29, 1.82) is 0 Å². The third-order valence-corrected chi connectivity index (χ3v) is 5.11. The Morgan fingerprint density at radius 1 is 1.25 bits per heavy atom. The highest BCUT2D eigenvalue weighted by atomic mass is 127. The minimum absolute atomic E-state index is 0. The zero-order chi connectivity index (χ0) is 16.1. The number of nitrogens with two attached hydrogens (primary N) is 1. The van der Waals surface area contributed by atoms with Crippen molar-refractivity contribution >= 4 is 58.0 Å². The smallest absolute Gasteiger partial charge is 0.191 e. The molecule has 1 aromatic carbocycles. The van der Waals surface area contributed by atoms with Crippen molar-refractivity contribution < 1.29 is 0 Å². The Labute approximate surface area is 168 Å². The Kier molecular flexibility index (Phi) is 7.57. The lowest BCUT2D eigenvalue weighted by molar-refractivity contribution is 0.380. The maximum Gasteiger partial charge on any atom is 0.191 e. The van der Waals surface area contributed by atoms with Gasteiger partial charge < -0.3 is 15.5 Å². The molecule has 8 heteroatoms. The summed E-state index contributed by atoms with van der Waals surface area (Å²) in [6.07, 6.45) is 2.65. The summed E-state index contributed by atoms with van der Waals surface area (Å²) in [5.74, 6) is 0.621. The van der Waals surface area contributed by atoms with Crippen LogP contribution in [0.25, 0.3) is 0 Å². The highest BCUT2D eigenvalue weighted by Crippen LogP contribution is 2.19. The van der Waals surface area contributed by atoms with Gasteiger partial charge in [0, 0.05) is 49.3 Å². The number of thiazole rings is 1. The van der Waals surface area contributed by atoms with Gasteiger partial charge in [-0.15, -0.1) is 35.3 Å². The molecule has 1 aliphatic heterocycles. The highest BCUT2D eigenvalue weighted by Gasteiger charge is 2.19. The van der Waals surface area contributed by atoms with Crippen molar-refractivity contribution in [2.24, 2.45) is 10.7 Å². The first-order valence-electron chi connectivity index (χ1n) is 7.67. The molecule has 24 heavy (non-hydrogen) atoms. The van der Waals surface area contributed by atoms with E-state index in [1.165, 1.54) is 0 Å². The van der Waals surface area contributed by atoms with Crippen LogP contribution in [0.3, 0.4) is 0 Å². The van der Waals surface area contributed by atoms with Crippen molar-refractivity contribution in [1.82, 2.24) is 9.88 Å². The van der Waals surface area contributed by atoms with Crippen LogP contribution >= 0.6 is 46.9 Å². The fourth-order valence-corrected chi connectivity index (χ4v) is 3.52. The predicted molar refractivity (Wildman–Crippen MR) is 113 cm³/mol. The second-order valence-electron chi connectivity index (χ2n) is 5.37. The highest BCUT2D eigenvalue weighted by molar-refractivity contribution is 14.0. The van der Waals surface area contributed by atoms with Crippen LogP contribution in [0.1, 0.15) is 5.56 Å². The average Bonchev–Trinajstić information content (AvgIpc) is 3.11. The molecule has 1 saturated heterocycles. The van der Waals surface area contributed by atoms with Crippen LogP contribution in [0.2, 0.25) is 5.02 Å². The van der Waals surface area contributed by atoms with Crippen molar-refractivity contribution in [3.05, 3.63) is 46.4 Å². The molecule has 2 aromatic rings. The lowest BCUT2D eigenvalue weighted by Gasteiger charge is -2.35. The Bertz CT molecular complexity index is 656. The minimum Gasteiger partial charge on any atom is -0.370 e. The normalized spacial score (nSPS) is 15.3. The van der Waals surface area contributed by atoms with E-state index in [-0.39, 0.29) is 24.0 Å². The third-order valence-electron chi connectivity index (χ3n) is 3.91. The van der Waals surface area contributed by atoms with Crippen molar-refractivity contribution in [2.75, 3.05) is 37.6 Å². The molecule has 1 aliphatic rings. The number of nitrogens with zero attached hydrogens (tertiary/aromatic N) is 4. The molecule has 0 radical (unpaired) electrons. The van der Waals surface area contributed by atoms with Crippen LogP contribution in [0.5, 0.6) is 0 Å². The van der Waals surface area contributed by atoms with E-state index in [1.807, 2.05) is 35.8 Å². The number of piperazine rings is 1. The zero-order valence-corrected chi connectivity index (χ0v) is 17.2. The maximum atomic E-state index is 6.15. The van der Waals surface area contributed by atoms with Crippen molar-refractivity contribution in [3.63, 3.8) is 0 Å². The second kappa shape index (κ2) is 9.43.